The molecule has 0 unspecified atom stereocenters. The number of hydrogen-bond acceptors (Lipinski definition) is 3. The summed E-state index contributed by atoms with van der Waals surface area (Å²) in [4.78, 5) is 20.5. The lowest BCUT2D eigenvalue weighted by atomic mass is 9.83. The molecule has 0 bridgehead atoms. The van der Waals surface area contributed by atoms with E-state index in [0.717, 1.165) is 12.1 Å². The lowest BCUT2D eigenvalue weighted by Gasteiger charge is -2.22. The molecule has 0 fully saturated rings. The topological polar surface area (TPSA) is 42.9 Å². The van der Waals surface area contributed by atoms with Gasteiger partial charge in [0.1, 0.15) is 6.33 Å². The Morgan fingerprint density at radius 2 is 1.76 bits per heavy atom. The minimum Gasteiger partial charge on any atom is -0.293 e. The summed E-state index contributed by atoms with van der Waals surface area (Å²) in [5.41, 5.74) is 1.24. The van der Waals surface area contributed by atoms with Crippen molar-refractivity contribution in [3.63, 3.8) is 0 Å². The summed E-state index contributed by atoms with van der Waals surface area (Å²) in [6.07, 6.45) is 3.94. The summed E-state index contributed by atoms with van der Waals surface area (Å²) in [5, 5.41) is 0. The Balaban J connectivity index is 3.13. The summed E-state index contributed by atoms with van der Waals surface area (Å²) in [7, 11) is 0. The van der Waals surface area contributed by atoms with Crippen molar-refractivity contribution in [1.82, 2.24) is 9.97 Å². The van der Waals surface area contributed by atoms with E-state index in [-0.39, 0.29) is 11.2 Å². The molecule has 0 amide bonds. The van der Waals surface area contributed by atoms with Crippen LogP contribution in [0.2, 0.25) is 0 Å². The van der Waals surface area contributed by atoms with Crippen LogP contribution >= 0.6 is 0 Å². The molecule has 0 saturated heterocycles. The van der Waals surface area contributed by atoms with Crippen LogP contribution < -0.4 is 0 Å². The Morgan fingerprint density at radius 1 is 1.18 bits per heavy atom. The molecule has 0 saturated carbocycles. The van der Waals surface area contributed by atoms with Crippen LogP contribution in [0, 0.1) is 10.8 Å². The standard InChI is InChI=1S/C14H22N2O/c1-13(2,3)7-11-10(8-15-9-16-11)12(17)14(4,5)6/h8-9H,7H2,1-6H3. The van der Waals surface area contributed by atoms with Gasteiger partial charge in [0.15, 0.2) is 5.78 Å². The highest BCUT2D eigenvalue weighted by atomic mass is 16.1. The van der Waals surface area contributed by atoms with E-state index in [4.69, 9.17) is 0 Å². The van der Waals surface area contributed by atoms with Gasteiger partial charge in [-0.2, -0.15) is 0 Å². The van der Waals surface area contributed by atoms with E-state index in [9.17, 15) is 4.79 Å². The highest BCUT2D eigenvalue weighted by Crippen LogP contribution is 2.26. The van der Waals surface area contributed by atoms with Gasteiger partial charge in [-0.3, -0.25) is 4.79 Å². The van der Waals surface area contributed by atoms with Crippen LogP contribution in [0.1, 0.15) is 57.6 Å². The maximum Gasteiger partial charge on any atom is 0.171 e. The van der Waals surface area contributed by atoms with E-state index in [1.165, 1.54) is 6.33 Å². The van der Waals surface area contributed by atoms with Gasteiger partial charge in [0.05, 0.1) is 11.3 Å². The third kappa shape index (κ3) is 3.91. The largest absolute Gasteiger partial charge is 0.293 e. The normalized spacial score (nSPS) is 12.6. The van der Waals surface area contributed by atoms with Crippen LogP contribution in [0.4, 0.5) is 0 Å². The van der Waals surface area contributed by atoms with Crippen molar-refractivity contribution in [3.05, 3.63) is 23.8 Å². The summed E-state index contributed by atoms with van der Waals surface area (Å²) in [5.74, 6) is 0.109. The summed E-state index contributed by atoms with van der Waals surface area (Å²) < 4.78 is 0. The number of carbonyl (C=O) groups is 1. The Morgan fingerprint density at radius 3 is 2.24 bits per heavy atom. The molecule has 1 rings (SSSR count). The van der Waals surface area contributed by atoms with Gasteiger partial charge in [-0.25, -0.2) is 9.97 Å². The van der Waals surface area contributed by atoms with E-state index >= 15 is 0 Å². The Bertz CT molecular complexity index is 411. The van der Waals surface area contributed by atoms with Gasteiger partial charge in [-0.15, -0.1) is 0 Å². The molecule has 0 atom stereocenters. The van der Waals surface area contributed by atoms with Crippen molar-refractivity contribution < 1.29 is 4.79 Å². The zero-order chi connectivity index (χ0) is 13.3. The first-order chi connectivity index (χ1) is 7.61. The highest BCUT2D eigenvalue weighted by Gasteiger charge is 2.27. The number of hydrogen-bond donors (Lipinski definition) is 0. The van der Waals surface area contributed by atoms with E-state index in [0.29, 0.717) is 5.56 Å². The smallest absolute Gasteiger partial charge is 0.171 e. The van der Waals surface area contributed by atoms with Gasteiger partial charge < -0.3 is 0 Å². The first-order valence-electron chi connectivity index (χ1n) is 5.95. The van der Waals surface area contributed by atoms with Crippen molar-refractivity contribution in [3.8, 4) is 0 Å². The predicted octanol–water partition coefficient (Wildman–Crippen LogP) is 3.29. The second-order valence-electron chi connectivity index (χ2n) is 6.70. The van der Waals surface area contributed by atoms with E-state index in [2.05, 4.69) is 30.7 Å². The molecule has 0 aromatic carbocycles. The van der Waals surface area contributed by atoms with Gasteiger partial charge in [0.25, 0.3) is 0 Å². The maximum atomic E-state index is 12.3. The molecule has 1 aromatic heterocycles. The molecular weight excluding hydrogens is 212 g/mol. The van der Waals surface area contributed by atoms with Crippen molar-refractivity contribution in [2.75, 3.05) is 0 Å². The minimum atomic E-state index is -0.392. The zero-order valence-electron chi connectivity index (χ0n) is 11.7. The van der Waals surface area contributed by atoms with Crippen LogP contribution in [-0.2, 0) is 6.42 Å². The van der Waals surface area contributed by atoms with Crippen LogP contribution in [0.15, 0.2) is 12.5 Å². The molecule has 3 nitrogen and oxygen atoms in total. The quantitative estimate of drug-likeness (QED) is 0.737. The third-order valence-electron chi connectivity index (χ3n) is 2.42. The molecule has 0 spiro atoms. The molecule has 0 aliphatic carbocycles. The van der Waals surface area contributed by atoms with Crippen LogP contribution in [-0.4, -0.2) is 15.8 Å². The fourth-order valence-corrected chi connectivity index (χ4v) is 1.59. The molecule has 0 radical (unpaired) electrons. The van der Waals surface area contributed by atoms with Crippen molar-refractivity contribution in [2.24, 2.45) is 10.8 Å². The van der Waals surface area contributed by atoms with Crippen molar-refractivity contribution in [1.29, 1.82) is 0 Å². The van der Waals surface area contributed by atoms with Crippen LogP contribution in [0.3, 0.4) is 0 Å². The first-order valence-corrected chi connectivity index (χ1v) is 5.95. The van der Waals surface area contributed by atoms with Gasteiger partial charge in [-0.05, 0) is 11.8 Å². The van der Waals surface area contributed by atoms with Gasteiger partial charge >= 0.3 is 0 Å². The fourth-order valence-electron chi connectivity index (χ4n) is 1.59. The SMILES string of the molecule is CC(C)(C)Cc1ncncc1C(=O)C(C)(C)C. The van der Waals surface area contributed by atoms with Gasteiger partial charge in [-0.1, -0.05) is 41.5 Å². The molecule has 3 heteroatoms. The predicted molar refractivity (Wildman–Crippen MR) is 69.0 cm³/mol. The molecule has 94 valence electrons. The number of rotatable bonds is 2. The van der Waals surface area contributed by atoms with Crippen molar-refractivity contribution in [2.45, 2.75) is 48.0 Å². The second-order valence-corrected chi connectivity index (χ2v) is 6.70. The molecule has 1 aromatic rings. The highest BCUT2D eigenvalue weighted by molar-refractivity contribution is 6.00. The fraction of sp³-hybridized carbons (Fsp3) is 0.643. The molecule has 0 aliphatic rings. The number of Topliss-reactive ketones (excluding diaryl/α,β-unsaturated/α-hetero) is 1. The lowest BCUT2D eigenvalue weighted by Crippen LogP contribution is -2.24. The average Bonchev–Trinajstić information content (AvgIpc) is 2.13. The molecule has 17 heavy (non-hydrogen) atoms. The molecule has 1 heterocycles. The first kappa shape index (κ1) is 13.8. The average molecular weight is 234 g/mol. The van der Waals surface area contributed by atoms with E-state index < -0.39 is 5.41 Å². The maximum absolute atomic E-state index is 12.3. The van der Waals surface area contributed by atoms with E-state index in [1.807, 2.05) is 20.8 Å². The lowest BCUT2D eigenvalue weighted by molar-refractivity contribution is 0.0856. The Labute approximate surface area is 104 Å². The summed E-state index contributed by atoms with van der Waals surface area (Å²) in [6, 6.07) is 0. The number of nitrogens with zero attached hydrogens (tertiary/aromatic N) is 2. The van der Waals surface area contributed by atoms with Crippen molar-refractivity contribution >= 4 is 5.78 Å². The Hall–Kier alpha value is -1.25. The van der Waals surface area contributed by atoms with E-state index in [1.54, 1.807) is 6.20 Å². The summed E-state index contributed by atoms with van der Waals surface area (Å²) >= 11 is 0. The third-order valence-corrected chi connectivity index (χ3v) is 2.42. The van der Waals surface area contributed by atoms with Crippen LogP contribution in [0.5, 0.6) is 0 Å². The monoisotopic (exact) mass is 234 g/mol. The molecule has 0 aliphatic heterocycles. The summed E-state index contributed by atoms with van der Waals surface area (Å²) in [6.45, 7) is 12.2. The number of ketones is 1. The van der Waals surface area contributed by atoms with Gasteiger partial charge in [0.2, 0.25) is 0 Å². The second kappa shape index (κ2) is 4.55. The van der Waals surface area contributed by atoms with Crippen LogP contribution in [0.25, 0.3) is 0 Å². The minimum absolute atomic E-state index is 0.109. The van der Waals surface area contributed by atoms with Gasteiger partial charge in [0, 0.05) is 11.6 Å². The Kier molecular flexibility index (Phi) is 3.70. The number of carbonyl (C=O) groups excluding carboxylic acids is 1. The zero-order valence-corrected chi connectivity index (χ0v) is 11.7. The molecular formula is C14H22N2O. The number of aromatic nitrogens is 2. The molecule has 0 N–H and O–H groups in total.